The maximum Gasteiger partial charge on any atom is 0.313 e. The van der Waals surface area contributed by atoms with Gasteiger partial charge in [0.25, 0.3) is 0 Å². The Balaban J connectivity index is 3.65. The maximum absolute atomic E-state index is 10.8. The van der Waals surface area contributed by atoms with Crippen molar-refractivity contribution < 1.29 is 14.3 Å². The standard InChI is InChI=1S/C9H15NO3/c1-7(10-3)4-5-13-9(12)6-8(2)11/h4,10H,5-6H2,1-3H3/b7-4-. The van der Waals surface area contributed by atoms with Crippen molar-refractivity contribution in [3.8, 4) is 0 Å². The van der Waals surface area contributed by atoms with Crippen LogP contribution in [0.5, 0.6) is 0 Å². The molecular weight excluding hydrogens is 170 g/mol. The summed E-state index contributed by atoms with van der Waals surface area (Å²) in [6.07, 6.45) is 1.59. The molecule has 0 aromatic heterocycles. The van der Waals surface area contributed by atoms with E-state index in [0.717, 1.165) is 5.70 Å². The van der Waals surface area contributed by atoms with Crippen molar-refractivity contribution in [2.75, 3.05) is 13.7 Å². The third kappa shape index (κ3) is 7.05. The van der Waals surface area contributed by atoms with E-state index >= 15 is 0 Å². The van der Waals surface area contributed by atoms with E-state index in [1.54, 1.807) is 13.1 Å². The van der Waals surface area contributed by atoms with Gasteiger partial charge in [0, 0.05) is 12.7 Å². The van der Waals surface area contributed by atoms with Crippen molar-refractivity contribution in [2.24, 2.45) is 0 Å². The van der Waals surface area contributed by atoms with E-state index in [1.807, 2.05) is 6.92 Å². The van der Waals surface area contributed by atoms with Crippen molar-refractivity contribution in [2.45, 2.75) is 20.3 Å². The van der Waals surface area contributed by atoms with Crippen LogP contribution in [0.3, 0.4) is 0 Å². The first-order valence-corrected chi connectivity index (χ1v) is 4.06. The Morgan fingerprint density at radius 1 is 1.38 bits per heavy atom. The van der Waals surface area contributed by atoms with Crippen LogP contribution in [0.25, 0.3) is 0 Å². The average Bonchev–Trinajstić information content (AvgIpc) is 2.02. The number of ether oxygens (including phenoxy) is 1. The van der Waals surface area contributed by atoms with Gasteiger partial charge in [-0.3, -0.25) is 9.59 Å². The summed E-state index contributed by atoms with van der Waals surface area (Å²) < 4.78 is 4.75. The zero-order valence-electron chi connectivity index (χ0n) is 8.22. The van der Waals surface area contributed by atoms with Crippen LogP contribution in [-0.4, -0.2) is 25.4 Å². The first-order chi connectivity index (χ1) is 6.06. The van der Waals surface area contributed by atoms with Crippen LogP contribution in [0.15, 0.2) is 11.8 Å². The first-order valence-electron chi connectivity index (χ1n) is 4.06. The van der Waals surface area contributed by atoms with Crippen LogP contribution in [-0.2, 0) is 14.3 Å². The molecule has 13 heavy (non-hydrogen) atoms. The van der Waals surface area contributed by atoms with Gasteiger partial charge in [0.1, 0.15) is 18.8 Å². The predicted octanol–water partition coefficient (Wildman–Crippen LogP) is 0.632. The molecule has 0 atom stereocenters. The van der Waals surface area contributed by atoms with E-state index in [0.29, 0.717) is 0 Å². The number of allylic oxidation sites excluding steroid dienone is 1. The number of Topliss-reactive ketones (excluding diaryl/α,β-unsaturated/α-hetero) is 1. The summed E-state index contributed by atoms with van der Waals surface area (Å²) >= 11 is 0. The van der Waals surface area contributed by atoms with Gasteiger partial charge in [0.2, 0.25) is 0 Å². The average molecular weight is 185 g/mol. The van der Waals surface area contributed by atoms with E-state index in [1.165, 1.54) is 6.92 Å². The number of hydrogen-bond acceptors (Lipinski definition) is 4. The quantitative estimate of drug-likeness (QED) is 0.504. The number of carbonyl (C=O) groups is 2. The number of hydrogen-bond donors (Lipinski definition) is 1. The fourth-order valence-electron chi connectivity index (χ4n) is 0.616. The monoisotopic (exact) mass is 185 g/mol. The second kappa shape index (κ2) is 6.22. The number of carbonyl (C=O) groups excluding carboxylic acids is 2. The van der Waals surface area contributed by atoms with E-state index < -0.39 is 5.97 Å². The van der Waals surface area contributed by atoms with Crippen LogP contribution >= 0.6 is 0 Å². The Kier molecular flexibility index (Phi) is 5.59. The molecule has 0 saturated heterocycles. The molecule has 4 heteroatoms. The van der Waals surface area contributed by atoms with Crippen molar-refractivity contribution in [1.29, 1.82) is 0 Å². The number of nitrogens with one attached hydrogen (secondary N) is 1. The van der Waals surface area contributed by atoms with Crippen molar-refractivity contribution in [1.82, 2.24) is 5.32 Å². The van der Waals surface area contributed by atoms with Gasteiger partial charge in [-0.05, 0) is 19.9 Å². The SMILES string of the molecule is CN/C(C)=C\COC(=O)CC(C)=O. The molecule has 4 nitrogen and oxygen atoms in total. The fourth-order valence-corrected chi connectivity index (χ4v) is 0.616. The van der Waals surface area contributed by atoms with Gasteiger partial charge in [-0.2, -0.15) is 0 Å². The number of esters is 1. The largest absolute Gasteiger partial charge is 0.461 e. The molecular formula is C9H15NO3. The minimum Gasteiger partial charge on any atom is -0.461 e. The Morgan fingerprint density at radius 3 is 2.46 bits per heavy atom. The molecule has 0 aromatic carbocycles. The van der Waals surface area contributed by atoms with Gasteiger partial charge in [-0.15, -0.1) is 0 Å². The Hall–Kier alpha value is -1.32. The summed E-state index contributed by atoms with van der Waals surface area (Å²) in [5.41, 5.74) is 0.927. The lowest BCUT2D eigenvalue weighted by atomic mass is 10.3. The summed E-state index contributed by atoms with van der Waals surface area (Å²) in [7, 11) is 1.78. The Morgan fingerprint density at radius 2 is 2.00 bits per heavy atom. The van der Waals surface area contributed by atoms with Gasteiger partial charge in [0.05, 0.1) is 0 Å². The highest BCUT2D eigenvalue weighted by Crippen LogP contribution is 1.90. The Labute approximate surface area is 78.0 Å². The third-order valence-electron chi connectivity index (χ3n) is 1.42. The van der Waals surface area contributed by atoms with Crippen LogP contribution in [0.2, 0.25) is 0 Å². The van der Waals surface area contributed by atoms with E-state index in [9.17, 15) is 9.59 Å². The van der Waals surface area contributed by atoms with Crippen molar-refractivity contribution >= 4 is 11.8 Å². The highest BCUT2D eigenvalue weighted by molar-refractivity contribution is 5.94. The third-order valence-corrected chi connectivity index (χ3v) is 1.42. The second-order valence-corrected chi connectivity index (χ2v) is 2.70. The first kappa shape index (κ1) is 11.7. The molecule has 0 aliphatic rings. The molecule has 0 aliphatic heterocycles. The molecule has 74 valence electrons. The molecule has 0 amide bonds. The fraction of sp³-hybridized carbons (Fsp3) is 0.556. The summed E-state index contributed by atoms with van der Waals surface area (Å²) in [5.74, 6) is -0.660. The van der Waals surface area contributed by atoms with E-state index in [-0.39, 0.29) is 18.8 Å². The maximum atomic E-state index is 10.8. The van der Waals surface area contributed by atoms with Gasteiger partial charge >= 0.3 is 5.97 Å². The predicted molar refractivity (Wildman–Crippen MR) is 49.1 cm³/mol. The number of ketones is 1. The molecule has 0 spiro atoms. The summed E-state index contributed by atoms with van der Waals surface area (Å²) in [6.45, 7) is 3.42. The molecule has 0 radical (unpaired) electrons. The highest BCUT2D eigenvalue weighted by Gasteiger charge is 2.04. The van der Waals surface area contributed by atoms with Crippen LogP contribution < -0.4 is 5.32 Å². The van der Waals surface area contributed by atoms with Crippen LogP contribution in [0.1, 0.15) is 20.3 Å². The van der Waals surface area contributed by atoms with Crippen molar-refractivity contribution in [3.05, 3.63) is 11.8 Å². The molecule has 0 aromatic rings. The van der Waals surface area contributed by atoms with Crippen LogP contribution in [0.4, 0.5) is 0 Å². The molecule has 0 heterocycles. The normalized spacial score (nSPS) is 10.8. The Bertz CT molecular complexity index is 221. The van der Waals surface area contributed by atoms with Gasteiger partial charge in [-0.1, -0.05) is 0 Å². The summed E-state index contributed by atoms with van der Waals surface area (Å²) in [6, 6.07) is 0. The lowest BCUT2D eigenvalue weighted by Crippen LogP contribution is -2.10. The second-order valence-electron chi connectivity index (χ2n) is 2.70. The van der Waals surface area contributed by atoms with Gasteiger partial charge in [0.15, 0.2) is 0 Å². The lowest BCUT2D eigenvalue weighted by molar-refractivity contribution is -0.144. The smallest absolute Gasteiger partial charge is 0.313 e. The topological polar surface area (TPSA) is 55.4 Å². The van der Waals surface area contributed by atoms with Crippen LogP contribution in [0, 0.1) is 0 Å². The minimum absolute atomic E-state index is 0.146. The molecule has 0 fully saturated rings. The minimum atomic E-state index is -0.479. The highest BCUT2D eigenvalue weighted by atomic mass is 16.5. The summed E-state index contributed by atoms with van der Waals surface area (Å²) in [4.78, 5) is 21.3. The van der Waals surface area contributed by atoms with Crippen molar-refractivity contribution in [3.63, 3.8) is 0 Å². The molecule has 1 N–H and O–H groups in total. The molecule has 0 rings (SSSR count). The lowest BCUT2D eigenvalue weighted by Gasteiger charge is -2.01. The molecule has 0 unspecified atom stereocenters. The molecule has 0 saturated carbocycles. The van der Waals surface area contributed by atoms with E-state index in [2.05, 4.69) is 5.32 Å². The molecule has 0 bridgehead atoms. The molecule has 0 aliphatic carbocycles. The summed E-state index contributed by atoms with van der Waals surface area (Å²) in [5, 5.41) is 2.88. The van der Waals surface area contributed by atoms with Gasteiger partial charge in [-0.25, -0.2) is 0 Å². The zero-order valence-corrected chi connectivity index (χ0v) is 8.22. The number of rotatable bonds is 5. The zero-order chi connectivity index (χ0) is 10.3. The van der Waals surface area contributed by atoms with E-state index in [4.69, 9.17) is 4.74 Å². The van der Waals surface area contributed by atoms with Gasteiger partial charge < -0.3 is 10.1 Å².